The molecule has 4 aromatic rings. The van der Waals surface area contributed by atoms with Gasteiger partial charge in [0.1, 0.15) is 24.4 Å². The Labute approximate surface area is 337 Å². The number of carbonyl (C=O) groups is 3. The molecular weight excluding hydrogens is 788 g/mol. The van der Waals surface area contributed by atoms with Crippen LogP contribution < -0.4 is 0 Å². The van der Waals surface area contributed by atoms with E-state index >= 15 is 0 Å². The van der Waals surface area contributed by atoms with Gasteiger partial charge in [0, 0.05) is 12.2 Å². The standard InChI is InChI=1S/C20H18O6.C20H22O2.C3HCl2F3O/c21-17(22)11-5-13-1-7-15(8-2-13)19(25)20(26)16-9-3-14(4-10-16)6-12-18(23)24;1-3-5-15-7-11-17(12-8-15)19(21)20(22)18-13-9-16(6-4-2)10-14-18;4-2(5)1(9)3(6,7)8/h1-12,19-20,25-26H,(H,21,22)(H,23,24);3-14,19-22H,1-2H3;2H/b11-5+,12-6+;5-3+,6-4+;. The maximum absolute atomic E-state index is 11.2. The molecule has 0 bridgehead atoms. The summed E-state index contributed by atoms with van der Waals surface area (Å²) in [6, 6.07) is 28.1. The van der Waals surface area contributed by atoms with Gasteiger partial charge in [0.2, 0.25) is 0 Å². The van der Waals surface area contributed by atoms with Crippen molar-refractivity contribution in [2.45, 2.75) is 49.3 Å². The minimum absolute atomic E-state index is 0.486. The van der Waals surface area contributed by atoms with Crippen molar-refractivity contribution in [3.05, 3.63) is 166 Å². The molecule has 0 heterocycles. The van der Waals surface area contributed by atoms with E-state index in [1.165, 1.54) is 12.2 Å². The molecule has 9 nitrogen and oxygen atoms in total. The summed E-state index contributed by atoms with van der Waals surface area (Å²) in [5.74, 6) is -4.23. The van der Waals surface area contributed by atoms with Crippen molar-refractivity contribution >= 4 is 65.2 Å². The van der Waals surface area contributed by atoms with Crippen LogP contribution in [-0.4, -0.2) is 59.4 Å². The predicted molar refractivity (Wildman–Crippen MR) is 215 cm³/mol. The highest BCUT2D eigenvalue weighted by molar-refractivity contribution is 6.54. The van der Waals surface area contributed by atoms with Crippen molar-refractivity contribution in [2.75, 3.05) is 0 Å². The molecule has 0 spiro atoms. The molecule has 0 amide bonds. The second kappa shape index (κ2) is 23.7. The highest BCUT2D eigenvalue weighted by atomic mass is 35.5. The number of Topliss-reactive ketones (excluding diaryl/α,β-unsaturated/α-hetero) is 1. The highest BCUT2D eigenvalue weighted by Gasteiger charge is 2.42. The molecular formula is C43H41Cl2F3O9. The van der Waals surface area contributed by atoms with E-state index in [1.54, 1.807) is 48.5 Å². The molecule has 0 fully saturated rings. The van der Waals surface area contributed by atoms with Crippen LogP contribution in [0.25, 0.3) is 24.3 Å². The van der Waals surface area contributed by atoms with Crippen molar-refractivity contribution in [1.82, 2.24) is 0 Å². The first kappa shape index (κ1) is 47.8. The van der Waals surface area contributed by atoms with Gasteiger partial charge in [-0.05, 0) is 70.5 Å². The van der Waals surface area contributed by atoms with Gasteiger partial charge in [-0.3, -0.25) is 4.79 Å². The fourth-order valence-electron chi connectivity index (χ4n) is 4.79. The molecule has 0 saturated heterocycles. The number of carboxylic acids is 2. The Morgan fingerprint density at radius 3 is 0.877 bits per heavy atom. The van der Waals surface area contributed by atoms with Crippen molar-refractivity contribution in [3.63, 3.8) is 0 Å². The number of carbonyl (C=O) groups excluding carboxylic acids is 1. The minimum Gasteiger partial charge on any atom is -0.478 e. The van der Waals surface area contributed by atoms with Crippen molar-refractivity contribution in [2.24, 2.45) is 0 Å². The zero-order valence-electron chi connectivity index (χ0n) is 30.5. The summed E-state index contributed by atoms with van der Waals surface area (Å²) in [6.07, 6.45) is 3.69. The van der Waals surface area contributed by atoms with E-state index < -0.39 is 53.2 Å². The number of alkyl halides is 5. The number of benzene rings is 4. The average molecular weight is 830 g/mol. The maximum atomic E-state index is 11.2. The molecule has 0 radical (unpaired) electrons. The second-order valence-electron chi connectivity index (χ2n) is 12.0. The third kappa shape index (κ3) is 16.7. The van der Waals surface area contributed by atoms with E-state index in [0.29, 0.717) is 33.4 Å². The molecule has 0 saturated carbocycles. The van der Waals surface area contributed by atoms with Gasteiger partial charge in [-0.2, -0.15) is 13.2 Å². The molecule has 57 heavy (non-hydrogen) atoms. The van der Waals surface area contributed by atoms with E-state index in [9.17, 15) is 48.0 Å². The Hall–Kier alpha value is -5.34. The number of halogens is 5. The van der Waals surface area contributed by atoms with Crippen LogP contribution in [0, 0.1) is 0 Å². The quantitative estimate of drug-likeness (QED) is 0.0568. The zero-order chi connectivity index (χ0) is 42.7. The second-order valence-corrected chi connectivity index (χ2v) is 13.0. The van der Waals surface area contributed by atoms with Gasteiger partial charge in [-0.1, -0.05) is 145 Å². The molecule has 14 heteroatoms. The molecule has 0 aliphatic rings. The average Bonchev–Trinajstić information content (AvgIpc) is 3.19. The zero-order valence-corrected chi connectivity index (χ0v) is 32.1. The smallest absolute Gasteiger partial charge is 0.452 e. The van der Waals surface area contributed by atoms with Crippen LogP contribution in [0.2, 0.25) is 0 Å². The monoisotopic (exact) mass is 828 g/mol. The number of aliphatic hydroxyl groups is 4. The molecule has 0 aliphatic heterocycles. The first-order valence-electron chi connectivity index (χ1n) is 17.0. The van der Waals surface area contributed by atoms with Crippen LogP contribution in [0.15, 0.2) is 121 Å². The summed E-state index contributed by atoms with van der Waals surface area (Å²) < 4.78 is 33.5. The fraction of sp³-hybridized carbons (Fsp3) is 0.186. The lowest BCUT2D eigenvalue weighted by atomic mass is 9.97. The molecule has 4 aromatic carbocycles. The minimum atomic E-state index is -4.92. The van der Waals surface area contributed by atoms with E-state index in [2.05, 4.69) is 23.2 Å². The fourth-order valence-corrected chi connectivity index (χ4v) is 5.04. The van der Waals surface area contributed by atoms with Gasteiger partial charge in [-0.25, -0.2) is 9.59 Å². The highest BCUT2D eigenvalue weighted by Crippen LogP contribution is 2.31. The van der Waals surface area contributed by atoms with Crippen LogP contribution in [0.3, 0.4) is 0 Å². The Kier molecular flexibility index (Phi) is 19.8. The van der Waals surface area contributed by atoms with Gasteiger partial charge in [-0.15, -0.1) is 0 Å². The van der Waals surface area contributed by atoms with Crippen molar-refractivity contribution < 1.29 is 58.2 Å². The van der Waals surface area contributed by atoms with Gasteiger partial charge in [0.25, 0.3) is 5.78 Å². The van der Waals surface area contributed by atoms with E-state index in [4.69, 9.17) is 10.2 Å². The van der Waals surface area contributed by atoms with Crippen LogP contribution in [-0.2, 0) is 14.4 Å². The molecule has 0 aliphatic carbocycles. The third-order valence-corrected chi connectivity index (χ3v) is 8.14. The van der Waals surface area contributed by atoms with E-state index in [0.717, 1.165) is 23.3 Å². The summed E-state index contributed by atoms with van der Waals surface area (Å²) in [7, 11) is 0. The van der Waals surface area contributed by atoms with Crippen molar-refractivity contribution in [3.8, 4) is 0 Å². The molecule has 6 N–H and O–H groups in total. The Bertz CT molecular complexity index is 1860. The van der Waals surface area contributed by atoms with Gasteiger partial charge < -0.3 is 30.6 Å². The topological polar surface area (TPSA) is 173 Å². The number of carboxylic acid groups (broad SMARTS) is 2. The number of aliphatic hydroxyl groups excluding tert-OH is 4. The van der Waals surface area contributed by atoms with Crippen LogP contribution in [0.4, 0.5) is 13.2 Å². The van der Waals surface area contributed by atoms with Gasteiger partial charge in [0.15, 0.2) is 4.84 Å². The number of hydrogen-bond donors (Lipinski definition) is 6. The number of allylic oxidation sites excluding steroid dienone is 2. The molecule has 4 rings (SSSR count). The van der Waals surface area contributed by atoms with Crippen molar-refractivity contribution in [1.29, 1.82) is 0 Å². The number of hydrogen-bond acceptors (Lipinski definition) is 7. The number of rotatable bonds is 13. The maximum Gasteiger partial charge on any atom is 0.452 e. The van der Waals surface area contributed by atoms with E-state index in [-0.39, 0.29) is 0 Å². The SMILES string of the molecule is C/C=C/c1ccc(C(O)C(O)c2ccc(/C=C/C)cc2)cc1.O=C(C(Cl)Cl)C(F)(F)F.O=C(O)/C=C/c1ccc(C(O)C(O)c2ccc(/C=C/C(=O)O)cc2)cc1. The van der Waals surface area contributed by atoms with Crippen LogP contribution in [0.5, 0.6) is 0 Å². The summed E-state index contributed by atoms with van der Waals surface area (Å²) in [6.45, 7) is 3.92. The number of aliphatic carboxylic acids is 2. The molecule has 4 atom stereocenters. The first-order chi connectivity index (χ1) is 26.9. The lowest BCUT2D eigenvalue weighted by molar-refractivity contribution is -0.169. The Morgan fingerprint density at radius 1 is 0.491 bits per heavy atom. The summed E-state index contributed by atoms with van der Waals surface area (Å²) >= 11 is 9.22. The van der Waals surface area contributed by atoms with Crippen LogP contribution in [0.1, 0.15) is 82.8 Å². The predicted octanol–water partition coefficient (Wildman–Crippen LogP) is 9.09. The summed E-state index contributed by atoms with van der Waals surface area (Å²) in [5, 5.41) is 58.6. The normalized spacial score (nSPS) is 13.8. The third-order valence-electron chi connectivity index (χ3n) is 7.74. The Balaban J connectivity index is 0.000000328. The number of ketones is 1. The summed E-state index contributed by atoms with van der Waals surface area (Å²) in [4.78, 5) is 28.8. The largest absolute Gasteiger partial charge is 0.478 e. The molecule has 302 valence electrons. The molecule has 0 aromatic heterocycles. The lowest BCUT2D eigenvalue weighted by Gasteiger charge is -2.19. The van der Waals surface area contributed by atoms with Gasteiger partial charge >= 0.3 is 18.1 Å². The van der Waals surface area contributed by atoms with Crippen LogP contribution >= 0.6 is 23.2 Å². The Morgan fingerprint density at radius 2 is 0.719 bits per heavy atom. The van der Waals surface area contributed by atoms with Gasteiger partial charge in [0.05, 0.1) is 0 Å². The lowest BCUT2D eigenvalue weighted by Crippen LogP contribution is -2.27. The summed E-state index contributed by atoms with van der Waals surface area (Å²) in [5.41, 5.74) is 5.85. The molecule has 4 unspecified atom stereocenters. The first-order valence-corrected chi connectivity index (χ1v) is 17.8. The van der Waals surface area contributed by atoms with E-state index in [1.807, 2.05) is 86.7 Å².